The van der Waals surface area contributed by atoms with Gasteiger partial charge in [0.1, 0.15) is 0 Å². The lowest BCUT2D eigenvalue weighted by Crippen LogP contribution is -2.43. The van der Waals surface area contributed by atoms with Gasteiger partial charge in [-0.1, -0.05) is 38.0 Å². The van der Waals surface area contributed by atoms with Crippen molar-refractivity contribution in [3.63, 3.8) is 0 Å². The van der Waals surface area contributed by atoms with E-state index in [1.165, 1.54) is 19.3 Å². The Morgan fingerprint density at radius 2 is 1.88 bits per heavy atom. The van der Waals surface area contributed by atoms with E-state index in [9.17, 15) is 9.59 Å². The lowest BCUT2D eigenvalue weighted by atomic mass is 9.86. The molecule has 1 aliphatic rings. The molecule has 0 heterocycles. The maximum atomic E-state index is 12.2. The minimum absolute atomic E-state index is 0.0162. The number of carbonyl (C=O) groups is 2. The summed E-state index contributed by atoms with van der Waals surface area (Å²) in [6.07, 6.45) is 5.05. The first-order valence-electron chi connectivity index (χ1n) is 8.78. The Morgan fingerprint density at radius 3 is 2.58 bits per heavy atom. The van der Waals surface area contributed by atoms with Gasteiger partial charge in [0.2, 0.25) is 11.8 Å². The summed E-state index contributed by atoms with van der Waals surface area (Å²) in [7, 11) is 3.49. The van der Waals surface area contributed by atoms with Crippen LogP contribution in [0.15, 0.2) is 24.3 Å². The lowest BCUT2D eigenvalue weighted by molar-refractivity contribution is -0.128. The van der Waals surface area contributed by atoms with Crippen molar-refractivity contribution in [1.82, 2.24) is 10.2 Å². The number of nitrogens with one attached hydrogen (secondary N) is 2. The highest BCUT2D eigenvalue weighted by molar-refractivity contribution is 5.83. The van der Waals surface area contributed by atoms with Gasteiger partial charge in [-0.05, 0) is 30.4 Å². The van der Waals surface area contributed by atoms with E-state index in [0.29, 0.717) is 18.4 Å². The molecular formula is C19H29N3O2. The molecule has 0 aliphatic heterocycles. The van der Waals surface area contributed by atoms with Crippen molar-refractivity contribution in [2.24, 2.45) is 5.92 Å². The smallest absolute Gasteiger partial charge is 0.239 e. The fourth-order valence-electron chi connectivity index (χ4n) is 3.13. The molecule has 1 fully saturated rings. The Kier molecular flexibility index (Phi) is 6.64. The number of benzene rings is 1. The van der Waals surface area contributed by atoms with Gasteiger partial charge in [0.05, 0.1) is 13.0 Å². The van der Waals surface area contributed by atoms with E-state index in [1.54, 1.807) is 19.0 Å². The summed E-state index contributed by atoms with van der Waals surface area (Å²) < 4.78 is 0. The van der Waals surface area contributed by atoms with Gasteiger partial charge in [-0.25, -0.2) is 0 Å². The van der Waals surface area contributed by atoms with Crippen molar-refractivity contribution in [1.29, 1.82) is 0 Å². The molecule has 1 saturated carbocycles. The van der Waals surface area contributed by atoms with Gasteiger partial charge in [-0.15, -0.1) is 0 Å². The van der Waals surface area contributed by atoms with Crippen LogP contribution in [0.1, 0.15) is 38.2 Å². The van der Waals surface area contributed by atoms with Crippen LogP contribution >= 0.6 is 0 Å². The quantitative estimate of drug-likeness (QED) is 0.841. The van der Waals surface area contributed by atoms with Crippen molar-refractivity contribution >= 4 is 17.5 Å². The predicted molar refractivity (Wildman–Crippen MR) is 96.9 cm³/mol. The molecule has 0 bridgehead atoms. The zero-order valence-corrected chi connectivity index (χ0v) is 15.0. The van der Waals surface area contributed by atoms with Gasteiger partial charge < -0.3 is 15.5 Å². The summed E-state index contributed by atoms with van der Waals surface area (Å²) in [4.78, 5) is 25.7. The van der Waals surface area contributed by atoms with Gasteiger partial charge in [0.15, 0.2) is 0 Å². The number of hydrogen-bond acceptors (Lipinski definition) is 3. The molecule has 0 aromatic heterocycles. The predicted octanol–water partition coefficient (Wildman–Crippen LogP) is 2.42. The van der Waals surface area contributed by atoms with Crippen LogP contribution in [0.4, 0.5) is 5.69 Å². The van der Waals surface area contributed by atoms with Crippen LogP contribution < -0.4 is 10.6 Å². The zero-order chi connectivity index (χ0) is 17.5. The summed E-state index contributed by atoms with van der Waals surface area (Å²) >= 11 is 0. The number of rotatable bonds is 6. The molecule has 0 radical (unpaired) electrons. The summed E-state index contributed by atoms with van der Waals surface area (Å²) in [5.74, 6) is 0.611. The van der Waals surface area contributed by atoms with Gasteiger partial charge in [0, 0.05) is 25.8 Å². The normalized spacial score (nSPS) is 20.3. The Morgan fingerprint density at radius 1 is 1.17 bits per heavy atom. The molecule has 2 atom stereocenters. The molecule has 5 nitrogen and oxygen atoms in total. The van der Waals surface area contributed by atoms with Crippen LogP contribution in [-0.2, 0) is 16.0 Å². The average Bonchev–Trinajstić information content (AvgIpc) is 2.56. The molecule has 132 valence electrons. The van der Waals surface area contributed by atoms with Crippen LogP contribution in [0.2, 0.25) is 0 Å². The van der Waals surface area contributed by atoms with E-state index in [2.05, 4.69) is 17.6 Å². The Hall–Kier alpha value is -2.04. The second kappa shape index (κ2) is 8.71. The maximum Gasteiger partial charge on any atom is 0.239 e. The average molecular weight is 331 g/mol. The molecule has 1 aromatic rings. The van der Waals surface area contributed by atoms with Gasteiger partial charge in [-0.2, -0.15) is 0 Å². The van der Waals surface area contributed by atoms with Gasteiger partial charge in [0.25, 0.3) is 0 Å². The molecule has 0 spiro atoms. The first kappa shape index (κ1) is 18.3. The summed E-state index contributed by atoms with van der Waals surface area (Å²) in [6.45, 7) is 2.44. The Bertz CT molecular complexity index is 571. The van der Waals surface area contributed by atoms with E-state index in [1.807, 2.05) is 24.3 Å². The second-order valence-corrected chi connectivity index (χ2v) is 6.91. The van der Waals surface area contributed by atoms with Crippen molar-refractivity contribution in [2.45, 2.75) is 45.1 Å². The highest BCUT2D eigenvalue weighted by Gasteiger charge is 2.22. The monoisotopic (exact) mass is 331 g/mol. The minimum Gasteiger partial charge on any atom is -0.376 e. The topological polar surface area (TPSA) is 61.4 Å². The minimum atomic E-state index is 0.0162. The second-order valence-electron chi connectivity index (χ2n) is 6.91. The summed E-state index contributed by atoms with van der Waals surface area (Å²) in [5, 5.41) is 6.32. The van der Waals surface area contributed by atoms with Crippen LogP contribution in [0.5, 0.6) is 0 Å². The first-order valence-corrected chi connectivity index (χ1v) is 8.78. The van der Waals surface area contributed by atoms with Gasteiger partial charge in [-0.3, -0.25) is 9.59 Å². The zero-order valence-electron chi connectivity index (χ0n) is 15.0. The van der Waals surface area contributed by atoms with Crippen LogP contribution in [-0.4, -0.2) is 43.4 Å². The number of hydrogen-bond donors (Lipinski definition) is 2. The largest absolute Gasteiger partial charge is 0.376 e. The number of amides is 2. The Balaban J connectivity index is 1.89. The van der Waals surface area contributed by atoms with E-state index in [4.69, 9.17) is 0 Å². The SMILES string of the molecule is C[C@@H]1CCCC[C@H]1NC(=O)CNc1ccccc1CC(=O)N(C)C. The third-order valence-electron chi connectivity index (χ3n) is 4.76. The molecule has 2 N–H and O–H groups in total. The highest BCUT2D eigenvalue weighted by atomic mass is 16.2. The van der Waals surface area contributed by atoms with E-state index >= 15 is 0 Å². The molecule has 1 aromatic carbocycles. The standard InChI is InChI=1S/C19H29N3O2/c1-14-8-4-6-10-16(14)21-18(23)13-20-17-11-7-5-9-15(17)12-19(24)22(2)3/h5,7,9,11,14,16,20H,4,6,8,10,12-13H2,1-3H3,(H,21,23)/t14-,16-/m1/s1. The molecule has 0 unspecified atom stereocenters. The van der Waals surface area contributed by atoms with Crippen molar-refractivity contribution in [3.05, 3.63) is 29.8 Å². The van der Waals surface area contributed by atoms with Crippen molar-refractivity contribution in [3.8, 4) is 0 Å². The van der Waals surface area contributed by atoms with Crippen LogP contribution in [0.25, 0.3) is 0 Å². The fourth-order valence-corrected chi connectivity index (χ4v) is 3.13. The van der Waals surface area contributed by atoms with E-state index < -0.39 is 0 Å². The molecule has 5 heteroatoms. The third kappa shape index (κ3) is 5.25. The third-order valence-corrected chi connectivity index (χ3v) is 4.76. The number of carbonyl (C=O) groups excluding carboxylic acids is 2. The molecule has 1 aliphatic carbocycles. The summed E-state index contributed by atoms with van der Waals surface area (Å²) in [5.41, 5.74) is 1.76. The number of nitrogens with zero attached hydrogens (tertiary/aromatic N) is 1. The van der Waals surface area contributed by atoms with Crippen molar-refractivity contribution < 1.29 is 9.59 Å². The molecule has 0 saturated heterocycles. The Labute approximate surface area is 144 Å². The summed E-state index contributed by atoms with van der Waals surface area (Å²) in [6, 6.07) is 7.94. The van der Waals surface area contributed by atoms with Crippen LogP contribution in [0, 0.1) is 5.92 Å². The first-order chi connectivity index (χ1) is 11.5. The highest BCUT2D eigenvalue weighted by Crippen LogP contribution is 2.23. The fraction of sp³-hybridized carbons (Fsp3) is 0.579. The molecular weight excluding hydrogens is 302 g/mol. The number of likely N-dealkylation sites (N-methyl/N-ethyl adjacent to an activating group) is 1. The molecule has 2 rings (SSSR count). The number of para-hydroxylation sites is 1. The molecule has 24 heavy (non-hydrogen) atoms. The van der Waals surface area contributed by atoms with E-state index in [-0.39, 0.29) is 18.4 Å². The molecule has 2 amide bonds. The van der Waals surface area contributed by atoms with Crippen molar-refractivity contribution in [2.75, 3.05) is 26.0 Å². The van der Waals surface area contributed by atoms with Gasteiger partial charge >= 0.3 is 0 Å². The van der Waals surface area contributed by atoms with E-state index in [0.717, 1.165) is 17.7 Å². The lowest BCUT2D eigenvalue weighted by Gasteiger charge is -2.29. The maximum absolute atomic E-state index is 12.2. The number of anilines is 1. The van der Waals surface area contributed by atoms with Crippen LogP contribution in [0.3, 0.4) is 0 Å².